The highest BCUT2D eigenvalue weighted by molar-refractivity contribution is 5.75. The van der Waals surface area contributed by atoms with Crippen molar-refractivity contribution in [3.05, 3.63) is 12.2 Å². The third-order valence-corrected chi connectivity index (χ3v) is 1.38. The summed E-state index contributed by atoms with van der Waals surface area (Å²) < 4.78 is 10.4. The summed E-state index contributed by atoms with van der Waals surface area (Å²) in [5.41, 5.74) is 0. The van der Waals surface area contributed by atoms with E-state index >= 15 is 0 Å². The quantitative estimate of drug-likeness (QED) is 0.557. The first-order valence-corrected chi connectivity index (χ1v) is 3.66. The largest absolute Gasteiger partial charge is 0.348 e. The van der Waals surface area contributed by atoms with Crippen molar-refractivity contribution in [1.82, 2.24) is 0 Å². The van der Waals surface area contributed by atoms with Crippen molar-refractivity contribution < 1.29 is 14.3 Å². The fourth-order valence-corrected chi connectivity index (χ4v) is 0.863. The van der Waals surface area contributed by atoms with E-state index in [1.165, 1.54) is 6.92 Å². The average Bonchev–Trinajstić information content (AvgIpc) is 2.14. The van der Waals surface area contributed by atoms with E-state index in [1.807, 2.05) is 12.2 Å². The molecule has 0 aromatic carbocycles. The summed E-state index contributed by atoms with van der Waals surface area (Å²) in [5, 5.41) is 0. The summed E-state index contributed by atoms with van der Waals surface area (Å²) >= 11 is 0. The van der Waals surface area contributed by atoms with Crippen molar-refractivity contribution in [3.63, 3.8) is 0 Å². The Labute approximate surface area is 66.0 Å². The molecule has 0 bridgehead atoms. The predicted molar refractivity (Wildman–Crippen MR) is 40.1 cm³/mol. The zero-order chi connectivity index (χ0) is 8.10. The third-order valence-electron chi connectivity index (χ3n) is 1.38. The minimum Gasteiger partial charge on any atom is -0.348 e. The molecule has 11 heavy (non-hydrogen) atoms. The first-order chi connectivity index (χ1) is 5.29. The molecule has 0 aromatic heterocycles. The van der Waals surface area contributed by atoms with Gasteiger partial charge in [0.25, 0.3) is 0 Å². The van der Waals surface area contributed by atoms with E-state index in [0.717, 1.165) is 0 Å². The van der Waals surface area contributed by atoms with E-state index in [1.54, 1.807) is 0 Å². The van der Waals surface area contributed by atoms with Gasteiger partial charge >= 0.3 is 0 Å². The van der Waals surface area contributed by atoms with Gasteiger partial charge in [-0.1, -0.05) is 12.2 Å². The van der Waals surface area contributed by atoms with Gasteiger partial charge in [0.2, 0.25) is 0 Å². The Balaban J connectivity index is 2.29. The number of ether oxygens (including phenoxy) is 2. The molecule has 0 radical (unpaired) electrons. The number of carbonyl (C=O) groups is 1. The van der Waals surface area contributed by atoms with Crippen molar-refractivity contribution in [3.8, 4) is 0 Å². The van der Waals surface area contributed by atoms with Gasteiger partial charge in [0.1, 0.15) is 5.78 Å². The SMILES string of the molecule is CC(=O)CC1OCC=CCO1. The van der Waals surface area contributed by atoms with Gasteiger partial charge in [0.15, 0.2) is 6.29 Å². The van der Waals surface area contributed by atoms with Crippen LogP contribution in [0.2, 0.25) is 0 Å². The minimum absolute atomic E-state index is 0.0944. The Kier molecular flexibility index (Phi) is 3.26. The molecule has 62 valence electrons. The predicted octanol–water partition coefficient (Wildman–Crippen LogP) is 0.895. The normalized spacial score (nSPS) is 19.7. The van der Waals surface area contributed by atoms with Gasteiger partial charge in [0, 0.05) is 0 Å². The molecule has 0 aliphatic carbocycles. The summed E-state index contributed by atoms with van der Waals surface area (Å²) in [4.78, 5) is 10.6. The Morgan fingerprint density at radius 1 is 1.45 bits per heavy atom. The van der Waals surface area contributed by atoms with E-state index in [4.69, 9.17) is 9.47 Å². The summed E-state index contributed by atoms with van der Waals surface area (Å²) in [7, 11) is 0. The lowest BCUT2D eigenvalue weighted by Gasteiger charge is -2.12. The molecular formula is C8H12O3. The second-order valence-electron chi connectivity index (χ2n) is 2.47. The summed E-state index contributed by atoms with van der Waals surface area (Å²) in [6, 6.07) is 0. The number of ketones is 1. The van der Waals surface area contributed by atoms with Crippen molar-refractivity contribution in [2.75, 3.05) is 13.2 Å². The summed E-state index contributed by atoms with van der Waals surface area (Å²) in [6.07, 6.45) is 3.78. The molecule has 1 aliphatic heterocycles. The smallest absolute Gasteiger partial charge is 0.165 e. The first-order valence-electron chi connectivity index (χ1n) is 3.66. The van der Waals surface area contributed by atoms with Crippen LogP contribution in [-0.2, 0) is 14.3 Å². The second-order valence-corrected chi connectivity index (χ2v) is 2.47. The van der Waals surface area contributed by atoms with Crippen LogP contribution >= 0.6 is 0 Å². The lowest BCUT2D eigenvalue weighted by molar-refractivity contribution is -0.143. The standard InChI is InChI=1S/C8H12O3/c1-7(9)6-8-10-4-2-3-5-11-8/h2-3,8H,4-6H2,1H3. The maximum atomic E-state index is 10.6. The maximum Gasteiger partial charge on any atom is 0.165 e. The molecule has 3 nitrogen and oxygen atoms in total. The van der Waals surface area contributed by atoms with Crippen LogP contribution in [0, 0.1) is 0 Å². The number of hydrogen-bond donors (Lipinski definition) is 0. The van der Waals surface area contributed by atoms with Crippen LogP contribution in [-0.4, -0.2) is 25.3 Å². The van der Waals surface area contributed by atoms with Gasteiger partial charge in [-0.15, -0.1) is 0 Å². The molecule has 0 atom stereocenters. The average molecular weight is 156 g/mol. The van der Waals surface area contributed by atoms with E-state index in [0.29, 0.717) is 19.6 Å². The van der Waals surface area contributed by atoms with Crippen LogP contribution in [0.15, 0.2) is 12.2 Å². The highest BCUT2D eigenvalue weighted by Crippen LogP contribution is 2.04. The van der Waals surface area contributed by atoms with Crippen molar-refractivity contribution in [2.45, 2.75) is 19.6 Å². The van der Waals surface area contributed by atoms with Crippen LogP contribution in [0.5, 0.6) is 0 Å². The molecule has 0 saturated carbocycles. The van der Waals surface area contributed by atoms with E-state index in [-0.39, 0.29) is 12.1 Å². The molecule has 0 saturated heterocycles. The van der Waals surface area contributed by atoms with Gasteiger partial charge in [-0.2, -0.15) is 0 Å². The topological polar surface area (TPSA) is 35.5 Å². The maximum absolute atomic E-state index is 10.6. The second kappa shape index (κ2) is 4.26. The molecule has 1 aliphatic rings. The Hall–Kier alpha value is -0.670. The zero-order valence-electron chi connectivity index (χ0n) is 6.58. The fraction of sp³-hybridized carbons (Fsp3) is 0.625. The molecule has 0 aromatic rings. The minimum atomic E-state index is -0.345. The van der Waals surface area contributed by atoms with Crippen molar-refractivity contribution in [2.24, 2.45) is 0 Å². The molecule has 0 N–H and O–H groups in total. The zero-order valence-corrected chi connectivity index (χ0v) is 6.58. The molecule has 0 amide bonds. The Bertz CT molecular complexity index is 153. The monoisotopic (exact) mass is 156 g/mol. The lowest BCUT2D eigenvalue weighted by Crippen LogP contribution is -2.18. The molecular weight excluding hydrogens is 144 g/mol. The molecule has 0 fully saturated rings. The molecule has 3 heteroatoms. The van der Waals surface area contributed by atoms with Crippen molar-refractivity contribution >= 4 is 5.78 Å². The molecule has 0 spiro atoms. The lowest BCUT2D eigenvalue weighted by atomic mass is 10.3. The highest BCUT2D eigenvalue weighted by atomic mass is 16.7. The van der Waals surface area contributed by atoms with E-state index in [2.05, 4.69) is 0 Å². The number of carbonyl (C=O) groups excluding carboxylic acids is 1. The summed E-state index contributed by atoms with van der Waals surface area (Å²) in [5.74, 6) is 0.0944. The van der Waals surface area contributed by atoms with Crippen LogP contribution in [0.4, 0.5) is 0 Å². The molecule has 1 heterocycles. The Morgan fingerprint density at radius 3 is 2.45 bits per heavy atom. The number of Topliss-reactive ketones (excluding diaryl/α,β-unsaturated/α-hetero) is 1. The number of hydrogen-bond acceptors (Lipinski definition) is 3. The third kappa shape index (κ3) is 3.30. The van der Waals surface area contributed by atoms with Gasteiger partial charge in [-0.05, 0) is 6.92 Å². The van der Waals surface area contributed by atoms with Crippen LogP contribution in [0.1, 0.15) is 13.3 Å². The van der Waals surface area contributed by atoms with Crippen LogP contribution in [0.3, 0.4) is 0 Å². The molecule has 0 unspecified atom stereocenters. The fourth-order valence-electron chi connectivity index (χ4n) is 0.863. The van der Waals surface area contributed by atoms with Crippen LogP contribution in [0.25, 0.3) is 0 Å². The molecule has 1 rings (SSSR count). The van der Waals surface area contributed by atoms with Crippen molar-refractivity contribution in [1.29, 1.82) is 0 Å². The van der Waals surface area contributed by atoms with E-state index < -0.39 is 0 Å². The first kappa shape index (κ1) is 8.43. The van der Waals surface area contributed by atoms with Crippen LogP contribution < -0.4 is 0 Å². The summed E-state index contributed by atoms with van der Waals surface area (Å²) in [6.45, 7) is 2.61. The number of rotatable bonds is 2. The highest BCUT2D eigenvalue weighted by Gasteiger charge is 2.11. The van der Waals surface area contributed by atoms with Gasteiger partial charge in [-0.25, -0.2) is 0 Å². The van der Waals surface area contributed by atoms with Gasteiger partial charge in [0.05, 0.1) is 19.6 Å². The van der Waals surface area contributed by atoms with E-state index in [9.17, 15) is 4.79 Å². The Morgan fingerprint density at radius 2 is 2.00 bits per heavy atom. The van der Waals surface area contributed by atoms with Gasteiger partial charge in [-0.3, -0.25) is 4.79 Å². The van der Waals surface area contributed by atoms with Gasteiger partial charge < -0.3 is 9.47 Å².